The van der Waals surface area contributed by atoms with Crippen LogP contribution in [0, 0.1) is 0 Å². The van der Waals surface area contributed by atoms with Gasteiger partial charge in [0, 0.05) is 43.5 Å². The van der Waals surface area contributed by atoms with Crippen LogP contribution in [0.2, 0.25) is 5.02 Å². The van der Waals surface area contributed by atoms with Gasteiger partial charge in [0.1, 0.15) is 5.75 Å². The lowest BCUT2D eigenvalue weighted by Crippen LogP contribution is -2.38. The molecule has 1 saturated heterocycles. The van der Waals surface area contributed by atoms with E-state index in [1.165, 1.54) is 23.5 Å². The first-order valence-corrected chi connectivity index (χ1v) is 14.4. The molecule has 9 nitrogen and oxygen atoms in total. The number of ether oxygens (including phenoxy) is 3. The smallest absolute Gasteiger partial charge is 0.288 e. The molecule has 0 aliphatic carbocycles. The Morgan fingerprint density at radius 3 is 2.42 bits per heavy atom. The number of methoxy groups -OCH3 is 1. The number of allylic oxidation sites excluding steroid dienone is 1. The highest BCUT2D eigenvalue weighted by Gasteiger charge is 2.32. The van der Waals surface area contributed by atoms with Gasteiger partial charge in [0.15, 0.2) is 5.76 Å². The molecule has 1 N–H and O–H groups in total. The van der Waals surface area contributed by atoms with Crippen LogP contribution in [0.3, 0.4) is 0 Å². The fraction of sp³-hybridized carbons (Fsp3) is 0.444. The van der Waals surface area contributed by atoms with Crippen molar-refractivity contribution in [2.75, 3.05) is 46.5 Å². The third-order valence-electron chi connectivity index (χ3n) is 6.65. The SMILES string of the molecule is COc1ccc(S(=O)(=O)N(CCO)CCO[C@@H]2C[C@H](c3ccc(Cl)cc3)C=C(C(=O)N3CCCC3)O2)cc1. The van der Waals surface area contributed by atoms with Gasteiger partial charge in [-0.1, -0.05) is 23.7 Å². The number of benzene rings is 2. The molecule has 206 valence electrons. The van der Waals surface area contributed by atoms with Crippen molar-refractivity contribution >= 4 is 27.5 Å². The van der Waals surface area contributed by atoms with Crippen molar-refractivity contribution in [3.05, 3.63) is 71.0 Å². The van der Waals surface area contributed by atoms with Gasteiger partial charge in [-0.2, -0.15) is 4.31 Å². The number of sulfonamides is 1. The number of carbonyl (C=O) groups is 1. The predicted molar refractivity (Wildman–Crippen MR) is 142 cm³/mol. The zero-order chi connectivity index (χ0) is 27.1. The number of nitrogens with zero attached hydrogens (tertiary/aromatic N) is 2. The summed E-state index contributed by atoms with van der Waals surface area (Å²) in [5.74, 6) is 0.474. The average molecular weight is 565 g/mol. The summed E-state index contributed by atoms with van der Waals surface area (Å²) in [6.45, 7) is 0.963. The largest absolute Gasteiger partial charge is 0.497 e. The second kappa shape index (κ2) is 12.9. The third-order valence-corrected chi connectivity index (χ3v) is 8.82. The molecular formula is C27H33ClN2O7S. The van der Waals surface area contributed by atoms with Crippen LogP contribution in [0.25, 0.3) is 0 Å². The molecular weight excluding hydrogens is 532 g/mol. The van der Waals surface area contributed by atoms with E-state index in [-0.39, 0.29) is 48.8 Å². The fourth-order valence-corrected chi connectivity index (χ4v) is 6.12. The molecule has 2 aliphatic rings. The number of carbonyl (C=O) groups excluding carboxylic acids is 1. The first kappa shape index (κ1) is 28.4. The van der Waals surface area contributed by atoms with Crippen LogP contribution in [0.15, 0.2) is 65.3 Å². The Labute approximate surface area is 228 Å². The van der Waals surface area contributed by atoms with Crippen LogP contribution in [-0.4, -0.2) is 81.4 Å². The van der Waals surface area contributed by atoms with Gasteiger partial charge in [-0.15, -0.1) is 0 Å². The van der Waals surface area contributed by atoms with Crippen LogP contribution >= 0.6 is 11.6 Å². The van der Waals surface area contributed by atoms with E-state index in [2.05, 4.69) is 0 Å². The van der Waals surface area contributed by atoms with Gasteiger partial charge in [0.2, 0.25) is 16.3 Å². The van der Waals surface area contributed by atoms with Crippen LogP contribution in [-0.2, 0) is 24.3 Å². The van der Waals surface area contributed by atoms with Crippen LogP contribution < -0.4 is 4.74 Å². The van der Waals surface area contributed by atoms with E-state index in [4.69, 9.17) is 25.8 Å². The normalized spacial score (nSPS) is 19.8. The van der Waals surface area contributed by atoms with E-state index in [0.29, 0.717) is 30.3 Å². The highest BCUT2D eigenvalue weighted by molar-refractivity contribution is 7.89. The van der Waals surface area contributed by atoms with E-state index in [1.807, 2.05) is 18.2 Å². The maximum Gasteiger partial charge on any atom is 0.288 e. The maximum absolute atomic E-state index is 13.2. The van der Waals surface area contributed by atoms with Gasteiger partial charge in [0.05, 0.1) is 25.2 Å². The lowest BCUT2D eigenvalue weighted by molar-refractivity contribution is -0.152. The highest BCUT2D eigenvalue weighted by Crippen LogP contribution is 2.33. The molecule has 2 aromatic rings. The molecule has 2 aromatic carbocycles. The van der Waals surface area contributed by atoms with Gasteiger partial charge in [-0.05, 0) is 60.9 Å². The molecule has 0 spiro atoms. The lowest BCUT2D eigenvalue weighted by Gasteiger charge is -2.31. The van der Waals surface area contributed by atoms with Crippen molar-refractivity contribution in [3.8, 4) is 5.75 Å². The Balaban J connectivity index is 1.45. The number of amides is 1. The van der Waals surface area contributed by atoms with Gasteiger partial charge in [-0.3, -0.25) is 4.79 Å². The summed E-state index contributed by atoms with van der Waals surface area (Å²) in [5, 5.41) is 10.1. The number of aliphatic hydroxyl groups excluding tert-OH is 1. The first-order valence-electron chi connectivity index (χ1n) is 12.6. The van der Waals surface area contributed by atoms with Crippen molar-refractivity contribution in [1.29, 1.82) is 0 Å². The zero-order valence-corrected chi connectivity index (χ0v) is 22.9. The summed E-state index contributed by atoms with van der Waals surface area (Å²) in [5.41, 5.74) is 0.974. The summed E-state index contributed by atoms with van der Waals surface area (Å²) in [4.78, 5) is 15.0. The van der Waals surface area contributed by atoms with Gasteiger partial charge >= 0.3 is 0 Å². The summed E-state index contributed by atoms with van der Waals surface area (Å²) in [6, 6.07) is 13.5. The Kier molecular flexibility index (Phi) is 9.67. The summed E-state index contributed by atoms with van der Waals surface area (Å²) in [6.07, 6.45) is 3.45. The van der Waals surface area contributed by atoms with E-state index in [1.54, 1.807) is 29.2 Å². The second-order valence-corrected chi connectivity index (χ2v) is 11.5. The minimum absolute atomic E-state index is 0.000483. The van der Waals surface area contributed by atoms with Gasteiger partial charge in [-0.25, -0.2) is 8.42 Å². The minimum atomic E-state index is -3.87. The molecule has 2 aliphatic heterocycles. The number of hydrogen-bond acceptors (Lipinski definition) is 7. The number of rotatable bonds is 11. The maximum atomic E-state index is 13.2. The lowest BCUT2D eigenvalue weighted by atomic mass is 9.93. The van der Waals surface area contributed by atoms with Crippen molar-refractivity contribution in [1.82, 2.24) is 9.21 Å². The molecule has 2 atom stereocenters. The molecule has 0 saturated carbocycles. The monoisotopic (exact) mass is 564 g/mol. The molecule has 11 heteroatoms. The van der Waals surface area contributed by atoms with Gasteiger partial charge < -0.3 is 24.2 Å². The Morgan fingerprint density at radius 2 is 1.79 bits per heavy atom. The predicted octanol–water partition coefficient (Wildman–Crippen LogP) is 3.38. The summed E-state index contributed by atoms with van der Waals surface area (Å²) < 4.78 is 44.6. The summed E-state index contributed by atoms with van der Waals surface area (Å²) in [7, 11) is -2.37. The van der Waals surface area contributed by atoms with Crippen molar-refractivity contribution in [2.24, 2.45) is 0 Å². The molecule has 2 heterocycles. The average Bonchev–Trinajstić information content (AvgIpc) is 3.47. The minimum Gasteiger partial charge on any atom is -0.497 e. The topological polar surface area (TPSA) is 106 Å². The van der Waals surface area contributed by atoms with E-state index >= 15 is 0 Å². The molecule has 0 aromatic heterocycles. The van der Waals surface area contributed by atoms with E-state index < -0.39 is 16.3 Å². The number of hydrogen-bond donors (Lipinski definition) is 1. The quantitative estimate of drug-likeness (QED) is 0.446. The van der Waals surface area contributed by atoms with E-state index in [9.17, 15) is 18.3 Å². The zero-order valence-electron chi connectivity index (χ0n) is 21.3. The molecule has 38 heavy (non-hydrogen) atoms. The van der Waals surface area contributed by atoms with Crippen molar-refractivity contribution in [2.45, 2.75) is 36.4 Å². The first-order chi connectivity index (χ1) is 18.3. The Hall–Kier alpha value is -2.63. The molecule has 0 radical (unpaired) electrons. The third kappa shape index (κ3) is 6.86. The molecule has 1 fully saturated rings. The van der Waals surface area contributed by atoms with Crippen LogP contribution in [0.1, 0.15) is 30.7 Å². The number of halogens is 1. The molecule has 1 amide bonds. The standard InChI is InChI=1S/C27H33ClN2O7S/c1-35-23-8-10-24(11-9-23)38(33,34)30(14-16-31)15-17-36-26-19-21(20-4-6-22(28)7-5-20)18-25(37-26)27(32)29-12-2-3-13-29/h4-11,18,21,26,31H,2-3,12-17,19H2,1H3/t21-,26+/m1/s1. The van der Waals surface area contributed by atoms with E-state index in [0.717, 1.165) is 18.4 Å². The molecule has 4 rings (SSSR count). The Morgan fingerprint density at radius 1 is 1.11 bits per heavy atom. The Bertz CT molecular complexity index is 1210. The second-order valence-electron chi connectivity index (χ2n) is 9.15. The van der Waals surface area contributed by atoms with Gasteiger partial charge in [0.25, 0.3) is 5.91 Å². The highest BCUT2D eigenvalue weighted by atomic mass is 35.5. The number of aliphatic hydroxyl groups is 1. The summed E-state index contributed by atoms with van der Waals surface area (Å²) >= 11 is 6.06. The number of likely N-dealkylation sites (tertiary alicyclic amines) is 1. The van der Waals surface area contributed by atoms with Crippen LogP contribution in [0.4, 0.5) is 0 Å². The van der Waals surface area contributed by atoms with Crippen molar-refractivity contribution < 1.29 is 32.5 Å². The fourth-order valence-electron chi connectivity index (χ4n) is 4.58. The molecule has 0 unspecified atom stereocenters. The van der Waals surface area contributed by atoms with Crippen LogP contribution in [0.5, 0.6) is 5.75 Å². The molecule has 0 bridgehead atoms. The van der Waals surface area contributed by atoms with Crippen molar-refractivity contribution in [3.63, 3.8) is 0 Å².